The predicted octanol–water partition coefficient (Wildman–Crippen LogP) is 3.33. The third-order valence-corrected chi connectivity index (χ3v) is 3.17. The first kappa shape index (κ1) is 16.7. The fourth-order valence-electron chi connectivity index (χ4n) is 1.91. The minimum Gasteiger partial charge on any atom is -0.492 e. The van der Waals surface area contributed by atoms with Crippen LogP contribution < -0.4 is 15.8 Å². The molecule has 0 spiro atoms. The lowest BCUT2D eigenvalue weighted by atomic mass is 10.1. The molecular weight excluding hydrogens is 300 g/mol. The molecule has 0 heterocycles. The quantitative estimate of drug-likeness (QED) is 0.488. The average molecular weight is 319 g/mol. The lowest BCUT2D eigenvalue weighted by Gasteiger charge is -2.07. The molecule has 0 atom stereocenters. The highest BCUT2D eigenvalue weighted by molar-refractivity contribution is 5.92. The maximum absolute atomic E-state index is 13.0. The fourth-order valence-corrected chi connectivity index (χ4v) is 1.91. The molecule has 0 unspecified atom stereocenters. The van der Waals surface area contributed by atoms with Crippen molar-refractivity contribution in [3.8, 4) is 5.75 Å². The Morgan fingerprint density at radius 3 is 2.52 bits per heavy atom. The summed E-state index contributed by atoms with van der Waals surface area (Å²) in [5.74, 6) is -1.33. The highest BCUT2D eigenvalue weighted by Crippen LogP contribution is 2.15. The summed E-state index contributed by atoms with van der Waals surface area (Å²) in [6, 6.07) is 11.3. The van der Waals surface area contributed by atoms with Crippen molar-refractivity contribution < 1.29 is 13.5 Å². The zero-order chi connectivity index (χ0) is 16.7. The lowest BCUT2D eigenvalue weighted by molar-refractivity contribution is 0.325. The first-order valence-electron chi connectivity index (χ1n) is 7.32. The lowest BCUT2D eigenvalue weighted by Crippen LogP contribution is -2.23. The summed E-state index contributed by atoms with van der Waals surface area (Å²) in [6.45, 7) is 2.60. The largest absolute Gasteiger partial charge is 0.492 e. The topological polar surface area (TPSA) is 59.6 Å². The van der Waals surface area contributed by atoms with Gasteiger partial charge in [0.1, 0.15) is 12.4 Å². The Kier molecular flexibility index (Phi) is 5.91. The smallest absolute Gasteiger partial charge is 0.193 e. The van der Waals surface area contributed by atoms with Gasteiger partial charge in [-0.05, 0) is 36.2 Å². The van der Waals surface area contributed by atoms with E-state index in [1.54, 1.807) is 0 Å². The van der Waals surface area contributed by atoms with Crippen LogP contribution in [-0.2, 0) is 6.42 Å². The van der Waals surface area contributed by atoms with Gasteiger partial charge in [-0.2, -0.15) is 0 Å². The number of hydrogen-bond donors (Lipinski definition) is 2. The molecule has 2 aromatic carbocycles. The number of hydrogen-bond acceptors (Lipinski definition) is 2. The number of halogens is 2. The van der Waals surface area contributed by atoms with Gasteiger partial charge < -0.3 is 15.8 Å². The molecular formula is C17H19F2N3O. The Labute approximate surface area is 134 Å². The van der Waals surface area contributed by atoms with Gasteiger partial charge in [0.25, 0.3) is 0 Å². The third-order valence-electron chi connectivity index (χ3n) is 3.17. The second-order valence-electron chi connectivity index (χ2n) is 4.87. The third kappa shape index (κ3) is 5.25. The van der Waals surface area contributed by atoms with Crippen LogP contribution >= 0.6 is 0 Å². The molecule has 4 nitrogen and oxygen atoms in total. The van der Waals surface area contributed by atoms with E-state index in [0.29, 0.717) is 6.54 Å². The molecule has 0 aromatic heterocycles. The molecule has 23 heavy (non-hydrogen) atoms. The summed E-state index contributed by atoms with van der Waals surface area (Å²) < 4.78 is 31.0. The van der Waals surface area contributed by atoms with E-state index in [-0.39, 0.29) is 18.3 Å². The van der Waals surface area contributed by atoms with Gasteiger partial charge in [-0.1, -0.05) is 19.1 Å². The SMILES string of the molecule is CCc1ccc(NC(N)=NCCOc2ccc(F)c(F)c2)cc1. The van der Waals surface area contributed by atoms with Crippen LogP contribution in [0.25, 0.3) is 0 Å². The van der Waals surface area contributed by atoms with Crippen molar-refractivity contribution >= 4 is 11.6 Å². The number of ether oxygens (including phenoxy) is 1. The molecule has 0 radical (unpaired) electrons. The molecule has 6 heteroatoms. The Bertz CT molecular complexity index is 672. The average Bonchev–Trinajstić information content (AvgIpc) is 2.55. The molecule has 0 saturated carbocycles. The van der Waals surface area contributed by atoms with E-state index in [0.717, 1.165) is 24.2 Å². The molecule has 0 fully saturated rings. The van der Waals surface area contributed by atoms with Gasteiger partial charge in [-0.25, -0.2) is 13.8 Å². The van der Waals surface area contributed by atoms with Crippen LogP contribution in [0.5, 0.6) is 5.75 Å². The summed E-state index contributed by atoms with van der Waals surface area (Å²) in [6.07, 6.45) is 0.977. The Balaban J connectivity index is 1.78. The highest BCUT2D eigenvalue weighted by atomic mass is 19.2. The maximum atomic E-state index is 13.0. The van der Waals surface area contributed by atoms with Gasteiger partial charge in [0, 0.05) is 11.8 Å². The number of aliphatic imine (C=N–C) groups is 1. The van der Waals surface area contributed by atoms with Crippen molar-refractivity contribution in [1.82, 2.24) is 0 Å². The van der Waals surface area contributed by atoms with Crippen LogP contribution in [0.15, 0.2) is 47.5 Å². The fraction of sp³-hybridized carbons (Fsp3) is 0.235. The number of nitrogens with one attached hydrogen (secondary N) is 1. The number of benzene rings is 2. The van der Waals surface area contributed by atoms with Crippen molar-refractivity contribution in [2.45, 2.75) is 13.3 Å². The molecule has 0 aliphatic carbocycles. The molecule has 122 valence electrons. The summed E-state index contributed by atoms with van der Waals surface area (Å²) >= 11 is 0. The van der Waals surface area contributed by atoms with Crippen LogP contribution in [-0.4, -0.2) is 19.1 Å². The highest BCUT2D eigenvalue weighted by Gasteiger charge is 2.02. The van der Waals surface area contributed by atoms with Crippen LogP contribution in [0.2, 0.25) is 0 Å². The van der Waals surface area contributed by atoms with Gasteiger partial charge >= 0.3 is 0 Å². The molecule has 3 N–H and O–H groups in total. The van der Waals surface area contributed by atoms with Gasteiger partial charge in [-0.3, -0.25) is 0 Å². The first-order valence-corrected chi connectivity index (χ1v) is 7.32. The number of guanidine groups is 1. The van der Waals surface area contributed by atoms with E-state index in [2.05, 4.69) is 17.2 Å². The van der Waals surface area contributed by atoms with E-state index in [1.165, 1.54) is 11.6 Å². The van der Waals surface area contributed by atoms with Gasteiger partial charge in [0.2, 0.25) is 0 Å². The summed E-state index contributed by atoms with van der Waals surface area (Å²) in [5.41, 5.74) is 7.87. The molecule has 0 bridgehead atoms. The number of rotatable bonds is 6. The summed E-state index contributed by atoms with van der Waals surface area (Å²) in [7, 11) is 0. The zero-order valence-electron chi connectivity index (χ0n) is 12.9. The molecule has 2 rings (SSSR count). The number of nitrogens with two attached hydrogens (primary N) is 1. The molecule has 2 aromatic rings. The van der Waals surface area contributed by atoms with E-state index in [1.807, 2.05) is 24.3 Å². The second kappa shape index (κ2) is 8.12. The molecule has 0 aliphatic heterocycles. The summed E-state index contributed by atoms with van der Waals surface area (Å²) in [4.78, 5) is 4.11. The van der Waals surface area contributed by atoms with Crippen LogP contribution in [0.4, 0.5) is 14.5 Å². The molecule has 0 amide bonds. The van der Waals surface area contributed by atoms with E-state index in [9.17, 15) is 8.78 Å². The van der Waals surface area contributed by atoms with Crippen molar-refractivity contribution in [3.05, 3.63) is 59.7 Å². The Morgan fingerprint density at radius 1 is 1.13 bits per heavy atom. The zero-order valence-corrected chi connectivity index (χ0v) is 12.9. The van der Waals surface area contributed by atoms with E-state index in [4.69, 9.17) is 10.5 Å². The minimum atomic E-state index is -0.942. The number of aryl methyl sites for hydroxylation is 1. The van der Waals surface area contributed by atoms with Crippen LogP contribution in [0.1, 0.15) is 12.5 Å². The Hall–Kier alpha value is -2.63. The molecule has 0 aliphatic rings. The van der Waals surface area contributed by atoms with Crippen LogP contribution in [0, 0.1) is 11.6 Å². The Morgan fingerprint density at radius 2 is 1.87 bits per heavy atom. The minimum absolute atomic E-state index is 0.211. The molecule has 0 saturated heterocycles. The second-order valence-corrected chi connectivity index (χ2v) is 4.87. The number of anilines is 1. The van der Waals surface area contributed by atoms with Crippen molar-refractivity contribution in [2.24, 2.45) is 10.7 Å². The van der Waals surface area contributed by atoms with Gasteiger partial charge in [0.15, 0.2) is 17.6 Å². The monoisotopic (exact) mass is 319 g/mol. The van der Waals surface area contributed by atoms with Gasteiger partial charge in [0.05, 0.1) is 6.54 Å². The van der Waals surface area contributed by atoms with E-state index < -0.39 is 11.6 Å². The van der Waals surface area contributed by atoms with Crippen molar-refractivity contribution in [2.75, 3.05) is 18.5 Å². The number of nitrogens with zero attached hydrogens (tertiary/aromatic N) is 1. The van der Waals surface area contributed by atoms with Gasteiger partial charge in [-0.15, -0.1) is 0 Å². The van der Waals surface area contributed by atoms with Crippen molar-refractivity contribution in [1.29, 1.82) is 0 Å². The standard InChI is InChI=1S/C17H19F2N3O/c1-2-12-3-5-13(6-4-12)22-17(20)21-9-10-23-14-7-8-15(18)16(19)11-14/h3-8,11H,2,9-10H2,1H3,(H3,20,21,22). The van der Waals surface area contributed by atoms with Crippen LogP contribution in [0.3, 0.4) is 0 Å². The van der Waals surface area contributed by atoms with E-state index >= 15 is 0 Å². The maximum Gasteiger partial charge on any atom is 0.193 e. The normalized spacial score (nSPS) is 11.3. The summed E-state index contributed by atoms with van der Waals surface area (Å²) in [5, 5.41) is 2.97. The van der Waals surface area contributed by atoms with Crippen molar-refractivity contribution in [3.63, 3.8) is 0 Å². The predicted molar refractivity (Wildman–Crippen MR) is 87.8 cm³/mol. The first-order chi connectivity index (χ1) is 11.1.